The Hall–Kier alpha value is -4.61. The first-order valence-corrected chi connectivity index (χ1v) is 15.7. The van der Waals surface area contributed by atoms with E-state index in [9.17, 15) is 29.1 Å². The van der Waals surface area contributed by atoms with Gasteiger partial charge in [0, 0.05) is 12.5 Å². The van der Waals surface area contributed by atoms with Crippen LogP contribution in [0, 0.1) is 6.92 Å². The average Bonchev–Trinajstić information content (AvgIpc) is 2.94. The van der Waals surface area contributed by atoms with E-state index in [0.717, 1.165) is 5.56 Å². The van der Waals surface area contributed by atoms with Gasteiger partial charge in [-0.2, -0.15) is 0 Å². The number of esters is 1. The first-order chi connectivity index (χ1) is 21.7. The van der Waals surface area contributed by atoms with Crippen LogP contribution in [0.15, 0.2) is 48.5 Å². The van der Waals surface area contributed by atoms with Crippen LogP contribution in [0.25, 0.3) is 0 Å². The van der Waals surface area contributed by atoms with E-state index in [1.807, 2.05) is 37.3 Å². The number of phenolic OH excluding ortho intramolecular Hbond substituents is 1. The first-order valence-electron chi connectivity index (χ1n) is 15.7. The third-order valence-corrected chi connectivity index (χ3v) is 7.07. The van der Waals surface area contributed by atoms with Crippen LogP contribution in [0.4, 0.5) is 4.79 Å². The number of hydrogen-bond donors (Lipinski definition) is 4. The molecule has 2 aromatic rings. The summed E-state index contributed by atoms with van der Waals surface area (Å²) < 4.78 is 11.0. The minimum absolute atomic E-state index is 0.0248. The zero-order valence-electron chi connectivity index (χ0n) is 28.9. The van der Waals surface area contributed by atoms with Crippen molar-refractivity contribution < 1.29 is 38.6 Å². The number of phenols is 1. The van der Waals surface area contributed by atoms with Gasteiger partial charge in [-0.1, -0.05) is 43.3 Å². The number of ether oxygens (including phenoxy) is 2. The van der Waals surface area contributed by atoms with Crippen LogP contribution in [-0.4, -0.2) is 69.1 Å². The number of nitrogens with two attached hydrogens (primary N) is 1. The highest BCUT2D eigenvalue weighted by Crippen LogP contribution is 2.30. The van der Waals surface area contributed by atoms with Gasteiger partial charge >= 0.3 is 12.1 Å². The molecule has 0 aliphatic heterocycles. The molecule has 4 atom stereocenters. The largest absolute Gasteiger partial charge is 0.508 e. The number of rotatable bonds is 13. The highest BCUT2D eigenvalue weighted by Gasteiger charge is 2.40. The Morgan fingerprint density at radius 3 is 2.00 bits per heavy atom. The lowest BCUT2D eigenvalue weighted by Gasteiger charge is -2.38. The number of aryl methyl sites for hydroxylation is 1. The molecule has 5 N–H and O–H groups in total. The maximum absolute atomic E-state index is 14.5. The molecule has 0 heterocycles. The van der Waals surface area contributed by atoms with Crippen LogP contribution in [0.2, 0.25) is 0 Å². The second-order valence-electron chi connectivity index (χ2n) is 13.6. The number of amides is 4. The summed E-state index contributed by atoms with van der Waals surface area (Å²) in [6.45, 7) is 15.3. The van der Waals surface area contributed by atoms with Crippen LogP contribution in [0.3, 0.4) is 0 Å². The molecular weight excluding hydrogens is 604 g/mol. The van der Waals surface area contributed by atoms with Crippen molar-refractivity contribution in [1.82, 2.24) is 15.5 Å². The van der Waals surface area contributed by atoms with E-state index in [4.69, 9.17) is 15.2 Å². The summed E-state index contributed by atoms with van der Waals surface area (Å²) >= 11 is 0. The molecule has 0 aliphatic rings. The molecule has 0 saturated carbocycles. The van der Waals surface area contributed by atoms with Gasteiger partial charge in [0.15, 0.2) is 0 Å². The Bertz CT molecular complexity index is 1410. The Kier molecular flexibility index (Phi) is 13.4. The molecule has 12 heteroatoms. The highest BCUT2D eigenvalue weighted by atomic mass is 16.6. The molecule has 0 aromatic heterocycles. The fourth-order valence-electron chi connectivity index (χ4n) is 4.78. The second-order valence-corrected chi connectivity index (χ2v) is 13.6. The molecule has 4 unspecified atom stereocenters. The van der Waals surface area contributed by atoms with Gasteiger partial charge < -0.3 is 35.8 Å². The Morgan fingerprint density at radius 2 is 1.49 bits per heavy atom. The fraction of sp³-hybridized carbons (Fsp3) is 0.514. The molecular formula is C35H50N4O8. The van der Waals surface area contributed by atoms with Crippen LogP contribution < -0.4 is 16.4 Å². The van der Waals surface area contributed by atoms with Crippen molar-refractivity contribution in [1.29, 1.82) is 0 Å². The van der Waals surface area contributed by atoms with Gasteiger partial charge in [0.05, 0.1) is 6.42 Å². The van der Waals surface area contributed by atoms with Crippen molar-refractivity contribution >= 4 is 29.8 Å². The van der Waals surface area contributed by atoms with E-state index in [1.165, 1.54) is 17.0 Å². The zero-order chi connectivity index (χ0) is 35.7. The molecule has 47 heavy (non-hydrogen) atoms. The van der Waals surface area contributed by atoms with E-state index in [0.29, 0.717) is 17.5 Å². The SMILES string of the molecule is CCC(C)N(C(=O)C(CC(N)=O)NC(=O)OC(C)(C)C)C(C(=O)NC(Cc1ccccc1)C(=O)OC(C)(C)C)c1ccc(O)c(C)c1. The van der Waals surface area contributed by atoms with E-state index in [1.54, 1.807) is 61.5 Å². The lowest BCUT2D eigenvalue weighted by molar-refractivity contribution is -0.159. The number of benzene rings is 2. The summed E-state index contributed by atoms with van der Waals surface area (Å²) in [6.07, 6.45) is -1.04. The van der Waals surface area contributed by atoms with E-state index < -0.39 is 71.6 Å². The molecule has 4 amide bonds. The second kappa shape index (κ2) is 16.3. The number of carbonyl (C=O) groups excluding carboxylic acids is 5. The summed E-state index contributed by atoms with van der Waals surface area (Å²) in [7, 11) is 0. The van der Waals surface area contributed by atoms with Gasteiger partial charge in [0.25, 0.3) is 0 Å². The monoisotopic (exact) mass is 654 g/mol. The third-order valence-electron chi connectivity index (χ3n) is 7.07. The van der Waals surface area contributed by atoms with Crippen molar-refractivity contribution in [3.05, 3.63) is 65.2 Å². The summed E-state index contributed by atoms with van der Waals surface area (Å²) in [5.74, 6) is -3.05. The number of alkyl carbamates (subject to hydrolysis) is 1. The Balaban J connectivity index is 2.68. The van der Waals surface area contributed by atoms with Gasteiger partial charge in [0.2, 0.25) is 17.7 Å². The number of nitrogens with one attached hydrogen (secondary N) is 2. The predicted octanol–water partition coefficient (Wildman–Crippen LogP) is 4.21. The van der Waals surface area contributed by atoms with Gasteiger partial charge in [-0.3, -0.25) is 14.4 Å². The smallest absolute Gasteiger partial charge is 0.408 e. The molecule has 12 nitrogen and oxygen atoms in total. The number of aromatic hydroxyl groups is 1. The summed E-state index contributed by atoms with van der Waals surface area (Å²) in [5.41, 5.74) is 5.26. The van der Waals surface area contributed by atoms with Crippen molar-refractivity contribution in [2.75, 3.05) is 0 Å². The summed E-state index contributed by atoms with van der Waals surface area (Å²) in [4.78, 5) is 68.4. The molecule has 0 aliphatic carbocycles. The number of carbonyl (C=O) groups is 5. The molecule has 2 rings (SSSR count). The van der Waals surface area contributed by atoms with E-state index in [2.05, 4.69) is 10.6 Å². The van der Waals surface area contributed by atoms with Crippen molar-refractivity contribution in [3.63, 3.8) is 0 Å². The van der Waals surface area contributed by atoms with Crippen molar-refractivity contribution in [2.45, 2.75) is 117 Å². The summed E-state index contributed by atoms with van der Waals surface area (Å²) in [6, 6.07) is 8.95. The molecule has 0 saturated heterocycles. The van der Waals surface area contributed by atoms with Gasteiger partial charge in [-0.05, 0) is 90.6 Å². The molecule has 0 fully saturated rings. The van der Waals surface area contributed by atoms with Crippen LogP contribution >= 0.6 is 0 Å². The first kappa shape index (κ1) is 38.6. The number of hydrogen-bond acceptors (Lipinski definition) is 8. The third kappa shape index (κ3) is 12.3. The zero-order valence-corrected chi connectivity index (χ0v) is 28.9. The van der Waals surface area contributed by atoms with Crippen molar-refractivity contribution in [2.24, 2.45) is 5.73 Å². The minimum atomic E-state index is -1.48. The lowest BCUT2D eigenvalue weighted by Crippen LogP contribution is -2.57. The van der Waals surface area contributed by atoms with E-state index in [-0.39, 0.29) is 12.2 Å². The van der Waals surface area contributed by atoms with Gasteiger partial charge in [-0.25, -0.2) is 9.59 Å². The molecule has 0 radical (unpaired) electrons. The quantitative estimate of drug-likeness (QED) is 0.232. The Labute approximate surface area is 277 Å². The van der Waals surface area contributed by atoms with Crippen LogP contribution in [-0.2, 0) is 35.1 Å². The van der Waals surface area contributed by atoms with Gasteiger partial charge in [-0.15, -0.1) is 0 Å². The summed E-state index contributed by atoms with van der Waals surface area (Å²) in [5, 5.41) is 15.5. The topological polar surface area (TPSA) is 177 Å². The Morgan fingerprint density at radius 1 is 0.894 bits per heavy atom. The van der Waals surface area contributed by atoms with Crippen LogP contribution in [0.5, 0.6) is 5.75 Å². The van der Waals surface area contributed by atoms with Crippen molar-refractivity contribution in [3.8, 4) is 5.75 Å². The molecule has 2 aromatic carbocycles. The highest BCUT2D eigenvalue weighted by molar-refractivity contribution is 5.96. The minimum Gasteiger partial charge on any atom is -0.508 e. The van der Waals surface area contributed by atoms with Crippen LogP contribution in [0.1, 0.15) is 91.0 Å². The molecule has 0 bridgehead atoms. The van der Waals surface area contributed by atoms with E-state index >= 15 is 0 Å². The predicted molar refractivity (Wildman–Crippen MR) is 177 cm³/mol. The fourth-order valence-corrected chi connectivity index (χ4v) is 4.78. The average molecular weight is 655 g/mol. The molecule has 0 spiro atoms. The standard InChI is InChI=1S/C35H50N4O8/c1-10-22(3)39(31(43)25(20-28(36)41)38-33(45)47-35(7,8)9)29(24-16-17-27(40)21(2)18-24)30(42)37-26(32(44)46-34(4,5)6)19-23-14-12-11-13-15-23/h11-18,22,25-26,29,40H,10,19-20H2,1-9H3,(H2,36,41)(H,37,42)(H,38,45). The number of nitrogens with zero attached hydrogens (tertiary/aromatic N) is 1. The number of primary amides is 1. The molecule has 258 valence electrons. The maximum atomic E-state index is 14.5. The normalized spacial score (nSPS) is 14.1. The lowest BCUT2D eigenvalue weighted by atomic mass is 9.96. The van der Waals surface area contributed by atoms with Gasteiger partial charge in [0.1, 0.15) is 35.1 Å². The maximum Gasteiger partial charge on any atom is 0.408 e.